The van der Waals surface area contributed by atoms with E-state index in [2.05, 4.69) is 11.9 Å². The fourth-order valence-corrected chi connectivity index (χ4v) is 4.00. The highest BCUT2D eigenvalue weighted by atomic mass is 32.1. The zero-order valence-electron chi connectivity index (χ0n) is 17.3. The first-order chi connectivity index (χ1) is 14.2. The number of thiazole rings is 1. The van der Waals surface area contributed by atoms with E-state index < -0.39 is 0 Å². The van der Waals surface area contributed by atoms with Crippen LogP contribution in [0.3, 0.4) is 0 Å². The molecular weight excluding hydrogens is 384 g/mol. The number of para-hydroxylation sites is 1. The van der Waals surface area contributed by atoms with Crippen molar-refractivity contribution in [3.63, 3.8) is 0 Å². The van der Waals surface area contributed by atoms with E-state index in [9.17, 15) is 4.79 Å². The van der Waals surface area contributed by atoms with Crippen LogP contribution in [-0.4, -0.2) is 41.6 Å². The molecule has 2 aromatic rings. The SMILES string of the molecule is CCCN(CC1CCCCO1)C(=O)/C=C/c1ccccc1OCc1csc(C)n1. The van der Waals surface area contributed by atoms with Gasteiger partial charge in [0.15, 0.2) is 0 Å². The first kappa shape index (κ1) is 21.5. The van der Waals surface area contributed by atoms with E-state index >= 15 is 0 Å². The molecular formula is C23H30N2O3S. The molecule has 0 aliphatic carbocycles. The standard InChI is InChI=1S/C23H30N2O3S/c1-3-13-25(15-21-9-6-7-14-27-21)23(26)12-11-19-8-4-5-10-22(19)28-16-20-17-29-18(2)24-20/h4-5,8,10-12,17,21H,3,6-7,9,13-16H2,1-2H3/b12-11+. The lowest BCUT2D eigenvalue weighted by Gasteiger charge is -2.29. The quantitative estimate of drug-likeness (QED) is 0.550. The summed E-state index contributed by atoms with van der Waals surface area (Å²) >= 11 is 1.61. The van der Waals surface area contributed by atoms with Crippen LogP contribution in [0.25, 0.3) is 6.08 Å². The van der Waals surface area contributed by atoms with Gasteiger partial charge in [0.25, 0.3) is 0 Å². The summed E-state index contributed by atoms with van der Waals surface area (Å²) in [6.45, 7) is 6.70. The van der Waals surface area contributed by atoms with Crippen molar-refractivity contribution >= 4 is 23.3 Å². The van der Waals surface area contributed by atoms with Gasteiger partial charge in [-0.25, -0.2) is 4.98 Å². The number of carbonyl (C=O) groups excluding carboxylic acids is 1. The largest absolute Gasteiger partial charge is 0.487 e. The molecule has 0 spiro atoms. The number of nitrogens with zero attached hydrogens (tertiary/aromatic N) is 2. The number of ether oxygens (including phenoxy) is 2. The van der Waals surface area contributed by atoms with Crippen molar-refractivity contribution in [3.05, 3.63) is 52.0 Å². The summed E-state index contributed by atoms with van der Waals surface area (Å²) in [5.41, 5.74) is 1.81. The van der Waals surface area contributed by atoms with Crippen LogP contribution in [0.2, 0.25) is 0 Å². The Morgan fingerprint density at radius 1 is 1.38 bits per heavy atom. The predicted octanol–water partition coefficient (Wildman–Crippen LogP) is 4.85. The summed E-state index contributed by atoms with van der Waals surface area (Å²) in [4.78, 5) is 19.1. The van der Waals surface area contributed by atoms with Crippen LogP contribution in [0.15, 0.2) is 35.7 Å². The van der Waals surface area contributed by atoms with E-state index in [1.165, 1.54) is 6.42 Å². The second kappa shape index (κ2) is 11.1. The molecule has 0 radical (unpaired) electrons. The summed E-state index contributed by atoms with van der Waals surface area (Å²) in [6, 6.07) is 7.76. The molecule has 1 aliphatic rings. The second-order valence-electron chi connectivity index (χ2n) is 7.29. The minimum absolute atomic E-state index is 0.0194. The van der Waals surface area contributed by atoms with Gasteiger partial charge in [0.2, 0.25) is 5.91 Å². The molecule has 0 N–H and O–H groups in total. The van der Waals surface area contributed by atoms with Crippen molar-refractivity contribution in [1.29, 1.82) is 0 Å². The summed E-state index contributed by atoms with van der Waals surface area (Å²) in [5.74, 6) is 0.769. The normalized spacial score (nSPS) is 16.8. The Kier molecular flexibility index (Phi) is 8.25. The molecule has 29 heavy (non-hydrogen) atoms. The maximum Gasteiger partial charge on any atom is 0.246 e. The van der Waals surface area contributed by atoms with Gasteiger partial charge in [-0.05, 0) is 44.7 Å². The number of hydrogen-bond donors (Lipinski definition) is 0. The first-order valence-corrected chi connectivity index (χ1v) is 11.2. The molecule has 2 heterocycles. The number of benzene rings is 1. The molecule has 0 bridgehead atoms. The summed E-state index contributed by atoms with van der Waals surface area (Å²) in [6.07, 6.45) is 7.91. The monoisotopic (exact) mass is 414 g/mol. The Balaban J connectivity index is 1.63. The summed E-state index contributed by atoms with van der Waals surface area (Å²) in [5, 5.41) is 3.04. The predicted molar refractivity (Wildman–Crippen MR) is 117 cm³/mol. The van der Waals surface area contributed by atoms with Gasteiger partial charge in [-0.3, -0.25) is 4.79 Å². The van der Waals surface area contributed by atoms with Gasteiger partial charge >= 0.3 is 0 Å². The van der Waals surface area contributed by atoms with Gasteiger partial charge in [0, 0.05) is 36.7 Å². The Morgan fingerprint density at radius 2 is 2.24 bits per heavy atom. The van der Waals surface area contributed by atoms with E-state index in [-0.39, 0.29) is 12.0 Å². The Morgan fingerprint density at radius 3 is 2.97 bits per heavy atom. The van der Waals surface area contributed by atoms with Crippen molar-refractivity contribution in [3.8, 4) is 5.75 Å². The van der Waals surface area contributed by atoms with Gasteiger partial charge in [-0.2, -0.15) is 0 Å². The number of aromatic nitrogens is 1. The van der Waals surface area contributed by atoms with Crippen LogP contribution in [0.4, 0.5) is 0 Å². The molecule has 3 rings (SSSR count). The van der Waals surface area contributed by atoms with Gasteiger partial charge in [-0.15, -0.1) is 11.3 Å². The molecule has 156 valence electrons. The third-order valence-electron chi connectivity index (χ3n) is 4.87. The van der Waals surface area contributed by atoms with Crippen LogP contribution in [0.5, 0.6) is 5.75 Å². The van der Waals surface area contributed by atoms with Crippen LogP contribution in [0.1, 0.15) is 48.9 Å². The van der Waals surface area contributed by atoms with Crippen molar-refractivity contribution < 1.29 is 14.3 Å². The minimum atomic E-state index is 0.0194. The van der Waals surface area contributed by atoms with E-state index in [0.29, 0.717) is 13.2 Å². The highest BCUT2D eigenvalue weighted by Gasteiger charge is 2.19. The van der Waals surface area contributed by atoms with E-state index in [1.807, 2.05) is 47.5 Å². The summed E-state index contributed by atoms with van der Waals surface area (Å²) < 4.78 is 11.8. The zero-order chi connectivity index (χ0) is 20.5. The number of aryl methyl sites for hydroxylation is 1. The molecule has 5 nitrogen and oxygen atoms in total. The molecule has 1 unspecified atom stereocenters. The maximum absolute atomic E-state index is 12.8. The smallest absolute Gasteiger partial charge is 0.246 e. The Labute approximate surface area is 177 Å². The van der Waals surface area contributed by atoms with E-state index in [4.69, 9.17) is 9.47 Å². The van der Waals surface area contributed by atoms with Crippen LogP contribution in [0, 0.1) is 6.92 Å². The van der Waals surface area contributed by atoms with Crippen LogP contribution >= 0.6 is 11.3 Å². The lowest BCUT2D eigenvalue weighted by molar-refractivity contribution is -0.128. The lowest BCUT2D eigenvalue weighted by atomic mass is 10.1. The second-order valence-corrected chi connectivity index (χ2v) is 8.35. The van der Waals surface area contributed by atoms with Crippen molar-refractivity contribution in [2.75, 3.05) is 19.7 Å². The molecule has 1 aromatic carbocycles. The number of carbonyl (C=O) groups is 1. The molecule has 1 fully saturated rings. The van der Waals surface area contributed by atoms with Gasteiger partial charge in [0.1, 0.15) is 12.4 Å². The molecule has 1 aliphatic heterocycles. The number of amides is 1. The van der Waals surface area contributed by atoms with Crippen molar-refractivity contribution in [1.82, 2.24) is 9.88 Å². The third-order valence-corrected chi connectivity index (χ3v) is 5.69. The first-order valence-electron chi connectivity index (χ1n) is 10.4. The molecule has 6 heteroatoms. The highest BCUT2D eigenvalue weighted by Crippen LogP contribution is 2.22. The molecule has 1 saturated heterocycles. The topological polar surface area (TPSA) is 51.7 Å². The van der Waals surface area contributed by atoms with Crippen molar-refractivity contribution in [2.24, 2.45) is 0 Å². The van der Waals surface area contributed by atoms with Crippen LogP contribution < -0.4 is 4.74 Å². The van der Waals surface area contributed by atoms with Gasteiger partial charge < -0.3 is 14.4 Å². The average Bonchev–Trinajstić information content (AvgIpc) is 3.16. The van der Waals surface area contributed by atoms with E-state index in [0.717, 1.165) is 54.4 Å². The summed E-state index contributed by atoms with van der Waals surface area (Å²) in [7, 11) is 0. The number of rotatable bonds is 9. The minimum Gasteiger partial charge on any atom is -0.487 e. The Hall–Kier alpha value is -2.18. The Bertz CT molecular complexity index is 812. The van der Waals surface area contributed by atoms with E-state index in [1.54, 1.807) is 17.4 Å². The molecule has 1 atom stereocenters. The lowest BCUT2D eigenvalue weighted by Crippen LogP contribution is -2.39. The average molecular weight is 415 g/mol. The molecule has 1 amide bonds. The highest BCUT2D eigenvalue weighted by molar-refractivity contribution is 7.09. The number of hydrogen-bond acceptors (Lipinski definition) is 5. The van der Waals surface area contributed by atoms with Gasteiger partial charge in [-0.1, -0.05) is 25.1 Å². The zero-order valence-corrected chi connectivity index (χ0v) is 18.1. The molecule has 0 saturated carbocycles. The van der Waals surface area contributed by atoms with Crippen LogP contribution in [-0.2, 0) is 16.1 Å². The fourth-order valence-electron chi connectivity index (χ4n) is 3.40. The molecule has 1 aromatic heterocycles. The fraction of sp³-hybridized carbons (Fsp3) is 0.478. The third kappa shape index (κ3) is 6.68. The van der Waals surface area contributed by atoms with Crippen molar-refractivity contribution in [2.45, 2.75) is 52.2 Å². The maximum atomic E-state index is 12.8. The van der Waals surface area contributed by atoms with Gasteiger partial charge in [0.05, 0.1) is 16.8 Å².